The summed E-state index contributed by atoms with van der Waals surface area (Å²) < 4.78 is 10.8. The standard InChI is InChI=1S/C28H31N3O5/c1-3-35-28(34)20-13-15-23(16-14-20)31-27(33)24(19(2)30-31)17-21-9-7-8-12-25(21)36-18-26(32)29-22-10-5-4-6-11-22/h7-9,12-17,22H,3-6,10-11,18H2,1-2H3,(H,29,32)/b24-17+. The average molecular weight is 490 g/mol. The molecule has 36 heavy (non-hydrogen) atoms. The molecule has 8 nitrogen and oxygen atoms in total. The number of esters is 1. The number of para-hydroxylation sites is 1. The van der Waals surface area contributed by atoms with E-state index in [2.05, 4.69) is 10.4 Å². The van der Waals surface area contributed by atoms with E-state index >= 15 is 0 Å². The lowest BCUT2D eigenvalue weighted by Gasteiger charge is -2.22. The molecule has 0 aromatic heterocycles. The van der Waals surface area contributed by atoms with Gasteiger partial charge in [-0.25, -0.2) is 4.79 Å². The summed E-state index contributed by atoms with van der Waals surface area (Å²) in [5.74, 6) is -0.333. The van der Waals surface area contributed by atoms with Crippen LogP contribution in [-0.2, 0) is 14.3 Å². The second kappa shape index (κ2) is 11.7. The van der Waals surface area contributed by atoms with E-state index in [1.807, 2.05) is 18.2 Å². The van der Waals surface area contributed by atoms with Gasteiger partial charge in [-0.05, 0) is 63.1 Å². The van der Waals surface area contributed by atoms with Gasteiger partial charge in [-0.2, -0.15) is 10.1 Å². The lowest BCUT2D eigenvalue weighted by Crippen LogP contribution is -2.39. The van der Waals surface area contributed by atoms with E-state index in [9.17, 15) is 14.4 Å². The van der Waals surface area contributed by atoms with Crippen molar-refractivity contribution in [1.82, 2.24) is 5.32 Å². The third-order valence-electron chi connectivity index (χ3n) is 6.23. The normalized spacial score (nSPS) is 17.2. The number of carbonyl (C=O) groups excluding carboxylic acids is 3. The molecule has 2 amide bonds. The first-order valence-electron chi connectivity index (χ1n) is 12.4. The van der Waals surface area contributed by atoms with E-state index in [4.69, 9.17) is 9.47 Å². The third-order valence-corrected chi connectivity index (χ3v) is 6.23. The number of hydrogen-bond donors (Lipinski definition) is 1. The van der Waals surface area contributed by atoms with E-state index in [1.165, 1.54) is 11.4 Å². The lowest BCUT2D eigenvalue weighted by molar-refractivity contribution is -0.124. The van der Waals surface area contributed by atoms with Crippen LogP contribution in [0, 0.1) is 0 Å². The first-order chi connectivity index (χ1) is 17.5. The highest BCUT2D eigenvalue weighted by atomic mass is 16.5. The lowest BCUT2D eigenvalue weighted by atomic mass is 9.95. The van der Waals surface area contributed by atoms with Gasteiger partial charge in [0.15, 0.2) is 6.61 Å². The summed E-state index contributed by atoms with van der Waals surface area (Å²) in [7, 11) is 0. The summed E-state index contributed by atoms with van der Waals surface area (Å²) in [5, 5.41) is 8.76. The summed E-state index contributed by atoms with van der Waals surface area (Å²) in [6, 6.07) is 14.0. The molecule has 0 saturated heterocycles. The van der Waals surface area contributed by atoms with Crippen molar-refractivity contribution in [2.24, 2.45) is 5.10 Å². The Morgan fingerprint density at radius 1 is 1.08 bits per heavy atom. The Morgan fingerprint density at radius 2 is 1.81 bits per heavy atom. The van der Waals surface area contributed by atoms with E-state index in [1.54, 1.807) is 50.3 Å². The molecule has 0 radical (unpaired) electrons. The van der Waals surface area contributed by atoms with Crippen molar-refractivity contribution >= 4 is 35.3 Å². The molecule has 4 rings (SSSR count). The van der Waals surface area contributed by atoms with Crippen molar-refractivity contribution < 1.29 is 23.9 Å². The van der Waals surface area contributed by atoms with Crippen molar-refractivity contribution in [3.8, 4) is 5.75 Å². The van der Waals surface area contributed by atoms with Gasteiger partial charge >= 0.3 is 5.97 Å². The van der Waals surface area contributed by atoms with Crippen molar-refractivity contribution in [1.29, 1.82) is 0 Å². The molecular weight excluding hydrogens is 458 g/mol. The van der Waals surface area contributed by atoms with Crippen LogP contribution in [0.15, 0.2) is 59.2 Å². The number of nitrogens with zero attached hydrogens (tertiary/aromatic N) is 2. The number of hydrazone groups is 1. The zero-order valence-corrected chi connectivity index (χ0v) is 20.7. The number of carbonyl (C=O) groups is 3. The van der Waals surface area contributed by atoms with Crippen LogP contribution in [0.2, 0.25) is 0 Å². The number of anilines is 1. The van der Waals surface area contributed by atoms with Crippen molar-refractivity contribution in [2.75, 3.05) is 18.2 Å². The maximum Gasteiger partial charge on any atom is 0.338 e. The number of benzene rings is 2. The van der Waals surface area contributed by atoms with Gasteiger partial charge in [0.1, 0.15) is 5.75 Å². The SMILES string of the molecule is CCOC(=O)c1ccc(N2N=C(C)/C(=C\c3ccccc3OCC(=O)NC3CCCCC3)C2=O)cc1. The molecular formula is C28H31N3O5. The maximum absolute atomic E-state index is 13.2. The van der Waals surface area contributed by atoms with Crippen LogP contribution >= 0.6 is 0 Å². The zero-order chi connectivity index (χ0) is 25.5. The Hall–Kier alpha value is -3.94. The number of ether oxygens (including phenoxy) is 2. The van der Waals surface area contributed by atoms with Crippen LogP contribution in [0.3, 0.4) is 0 Å². The van der Waals surface area contributed by atoms with E-state index in [-0.39, 0.29) is 24.5 Å². The Balaban J connectivity index is 1.45. The highest BCUT2D eigenvalue weighted by molar-refractivity contribution is 6.32. The van der Waals surface area contributed by atoms with Crippen LogP contribution in [0.4, 0.5) is 5.69 Å². The summed E-state index contributed by atoms with van der Waals surface area (Å²) in [4.78, 5) is 37.5. The van der Waals surface area contributed by atoms with Gasteiger partial charge in [-0.1, -0.05) is 37.5 Å². The summed E-state index contributed by atoms with van der Waals surface area (Å²) in [6.07, 6.45) is 7.26. The predicted octanol–water partition coefficient (Wildman–Crippen LogP) is 4.50. The van der Waals surface area contributed by atoms with Gasteiger partial charge in [0.05, 0.1) is 29.1 Å². The molecule has 0 spiro atoms. The number of amides is 2. The minimum atomic E-state index is -0.416. The minimum Gasteiger partial charge on any atom is -0.483 e. The smallest absolute Gasteiger partial charge is 0.338 e. The fourth-order valence-corrected chi connectivity index (χ4v) is 4.36. The van der Waals surface area contributed by atoms with E-state index in [0.29, 0.717) is 40.5 Å². The highest BCUT2D eigenvalue weighted by Gasteiger charge is 2.29. The molecule has 1 fully saturated rings. The Bertz CT molecular complexity index is 1180. The molecule has 2 aliphatic rings. The van der Waals surface area contributed by atoms with Crippen molar-refractivity contribution in [3.05, 3.63) is 65.2 Å². The first-order valence-corrected chi connectivity index (χ1v) is 12.4. The summed E-state index contributed by atoms with van der Waals surface area (Å²) >= 11 is 0. The quantitative estimate of drug-likeness (QED) is 0.435. The van der Waals surface area contributed by atoms with Crippen LogP contribution in [-0.4, -0.2) is 42.8 Å². The molecule has 1 saturated carbocycles. The zero-order valence-electron chi connectivity index (χ0n) is 20.7. The van der Waals surface area contributed by atoms with Crippen LogP contribution in [0.1, 0.15) is 61.9 Å². The second-order valence-electron chi connectivity index (χ2n) is 8.86. The fourth-order valence-electron chi connectivity index (χ4n) is 4.36. The topological polar surface area (TPSA) is 97.3 Å². The highest BCUT2D eigenvalue weighted by Crippen LogP contribution is 2.28. The average Bonchev–Trinajstić information content (AvgIpc) is 3.17. The molecule has 1 heterocycles. The number of hydrogen-bond acceptors (Lipinski definition) is 6. The van der Waals surface area contributed by atoms with Gasteiger partial charge in [-0.3, -0.25) is 9.59 Å². The predicted molar refractivity (Wildman–Crippen MR) is 138 cm³/mol. The van der Waals surface area contributed by atoms with Gasteiger partial charge in [0.2, 0.25) is 0 Å². The molecule has 2 aromatic rings. The van der Waals surface area contributed by atoms with Gasteiger partial charge in [0, 0.05) is 11.6 Å². The molecule has 1 aliphatic carbocycles. The molecule has 2 aromatic carbocycles. The van der Waals surface area contributed by atoms with Crippen molar-refractivity contribution in [3.63, 3.8) is 0 Å². The second-order valence-corrected chi connectivity index (χ2v) is 8.86. The molecule has 8 heteroatoms. The van der Waals surface area contributed by atoms with E-state index < -0.39 is 5.97 Å². The Morgan fingerprint density at radius 3 is 2.53 bits per heavy atom. The molecule has 188 valence electrons. The van der Waals surface area contributed by atoms with Gasteiger partial charge in [0.25, 0.3) is 11.8 Å². The molecule has 1 N–H and O–H groups in total. The molecule has 0 unspecified atom stereocenters. The Kier molecular flexibility index (Phi) is 8.15. The number of rotatable bonds is 8. The van der Waals surface area contributed by atoms with Gasteiger partial charge in [-0.15, -0.1) is 0 Å². The fraction of sp³-hybridized carbons (Fsp3) is 0.357. The van der Waals surface area contributed by atoms with Crippen LogP contribution < -0.4 is 15.1 Å². The van der Waals surface area contributed by atoms with Crippen molar-refractivity contribution in [2.45, 2.75) is 52.0 Å². The van der Waals surface area contributed by atoms with E-state index in [0.717, 1.165) is 25.7 Å². The van der Waals surface area contributed by atoms with Gasteiger partial charge < -0.3 is 14.8 Å². The summed E-state index contributed by atoms with van der Waals surface area (Å²) in [6.45, 7) is 3.71. The molecule has 1 aliphatic heterocycles. The number of nitrogens with one attached hydrogen (secondary N) is 1. The monoisotopic (exact) mass is 489 g/mol. The largest absolute Gasteiger partial charge is 0.483 e. The van der Waals surface area contributed by atoms with Crippen LogP contribution in [0.5, 0.6) is 5.75 Å². The maximum atomic E-state index is 13.2. The molecule has 0 atom stereocenters. The minimum absolute atomic E-state index is 0.0867. The third kappa shape index (κ3) is 6.00. The molecule has 0 bridgehead atoms. The first kappa shape index (κ1) is 25.2. The van der Waals surface area contributed by atoms with Crippen LogP contribution in [0.25, 0.3) is 6.08 Å². The summed E-state index contributed by atoms with van der Waals surface area (Å²) in [5.41, 5.74) is 2.61. The Labute approximate surface area is 211 Å².